The highest BCUT2D eigenvalue weighted by Crippen LogP contribution is 2.23. The van der Waals surface area contributed by atoms with Crippen LogP contribution < -0.4 is 9.57 Å². The van der Waals surface area contributed by atoms with Gasteiger partial charge in [0.1, 0.15) is 11.5 Å². The van der Waals surface area contributed by atoms with Crippen LogP contribution in [0.3, 0.4) is 0 Å². The summed E-state index contributed by atoms with van der Waals surface area (Å²) in [6.45, 7) is 1.59. The molecule has 0 aliphatic carbocycles. The van der Waals surface area contributed by atoms with Crippen LogP contribution in [0.5, 0.6) is 11.5 Å². The van der Waals surface area contributed by atoms with Crippen LogP contribution in [-0.4, -0.2) is 26.3 Å². The van der Waals surface area contributed by atoms with Crippen molar-refractivity contribution in [3.8, 4) is 11.5 Å². The van der Waals surface area contributed by atoms with Gasteiger partial charge in [-0.25, -0.2) is 0 Å². The second-order valence-electron chi connectivity index (χ2n) is 4.49. The number of nitrogens with one attached hydrogen (secondary N) is 1. The van der Waals surface area contributed by atoms with Crippen LogP contribution in [-0.2, 0) is 10.0 Å². The average Bonchev–Trinajstić information content (AvgIpc) is 2.53. The lowest BCUT2D eigenvalue weighted by atomic mass is 10.1. The smallest absolute Gasteiger partial charge is 0.276 e. The third-order valence-electron chi connectivity index (χ3n) is 2.98. The summed E-state index contributed by atoms with van der Waals surface area (Å²) in [6.07, 6.45) is 0. The van der Waals surface area contributed by atoms with Crippen LogP contribution >= 0.6 is 0 Å². The molecule has 0 radical (unpaired) electrons. The first-order chi connectivity index (χ1) is 10.4. The third-order valence-corrected chi connectivity index (χ3v) is 4.21. The van der Waals surface area contributed by atoms with E-state index in [2.05, 4.69) is 9.93 Å². The molecule has 0 amide bonds. The Hall–Kier alpha value is -2.54. The summed E-state index contributed by atoms with van der Waals surface area (Å²) in [5.41, 5.74) is 0.747. The molecule has 0 saturated heterocycles. The number of hydrogen-bond acceptors (Lipinski definition) is 5. The zero-order chi connectivity index (χ0) is 16.2. The number of benzene rings is 2. The van der Waals surface area contributed by atoms with Gasteiger partial charge < -0.3 is 9.84 Å². The van der Waals surface area contributed by atoms with Crippen LogP contribution in [0.2, 0.25) is 0 Å². The van der Waals surface area contributed by atoms with E-state index < -0.39 is 10.0 Å². The van der Waals surface area contributed by atoms with E-state index in [9.17, 15) is 13.5 Å². The molecule has 0 atom stereocenters. The van der Waals surface area contributed by atoms with Crippen molar-refractivity contribution >= 4 is 15.7 Å². The van der Waals surface area contributed by atoms with E-state index in [4.69, 9.17) is 4.74 Å². The molecule has 0 aliphatic heterocycles. The molecule has 2 aromatic carbocycles. The maximum atomic E-state index is 12.1. The van der Waals surface area contributed by atoms with Gasteiger partial charge in [0, 0.05) is 11.6 Å². The molecular weight excluding hydrogens is 304 g/mol. The summed E-state index contributed by atoms with van der Waals surface area (Å²) in [6, 6.07) is 12.6. The summed E-state index contributed by atoms with van der Waals surface area (Å²) in [5.74, 6) is 0.457. The second-order valence-corrected chi connectivity index (χ2v) is 6.15. The van der Waals surface area contributed by atoms with E-state index in [1.165, 1.54) is 25.3 Å². The zero-order valence-corrected chi connectivity index (χ0v) is 13.0. The molecule has 7 heteroatoms. The summed E-state index contributed by atoms with van der Waals surface area (Å²) < 4.78 is 29.1. The quantitative estimate of drug-likeness (QED) is 0.652. The van der Waals surface area contributed by atoms with Gasteiger partial charge in [-0.3, -0.25) is 0 Å². The number of aromatic hydroxyl groups is 1. The molecule has 0 heterocycles. The fraction of sp³-hybridized carbons (Fsp3) is 0.133. The first-order valence-corrected chi connectivity index (χ1v) is 7.91. The Balaban J connectivity index is 2.23. The zero-order valence-electron chi connectivity index (χ0n) is 12.1. The molecule has 2 N–H and O–H groups in total. The lowest BCUT2D eigenvalue weighted by Crippen LogP contribution is -2.19. The monoisotopic (exact) mass is 320 g/mol. The minimum Gasteiger partial charge on any atom is -0.507 e. The lowest BCUT2D eigenvalue weighted by Gasteiger charge is -2.08. The largest absolute Gasteiger partial charge is 0.507 e. The van der Waals surface area contributed by atoms with Gasteiger partial charge in [-0.15, -0.1) is 0 Å². The molecule has 0 aromatic heterocycles. The van der Waals surface area contributed by atoms with Gasteiger partial charge in [-0.05, 0) is 31.2 Å². The van der Waals surface area contributed by atoms with Crippen molar-refractivity contribution < 1.29 is 18.3 Å². The molecule has 0 saturated carbocycles. The average molecular weight is 320 g/mol. The van der Waals surface area contributed by atoms with E-state index in [1.54, 1.807) is 37.3 Å². The summed E-state index contributed by atoms with van der Waals surface area (Å²) >= 11 is 0. The molecule has 0 bridgehead atoms. The van der Waals surface area contributed by atoms with Crippen molar-refractivity contribution in [1.82, 2.24) is 4.83 Å². The van der Waals surface area contributed by atoms with Crippen molar-refractivity contribution in [3.63, 3.8) is 0 Å². The third kappa shape index (κ3) is 3.56. The van der Waals surface area contributed by atoms with Gasteiger partial charge in [0.15, 0.2) is 0 Å². The maximum Gasteiger partial charge on any atom is 0.276 e. The highest BCUT2D eigenvalue weighted by Gasteiger charge is 2.13. The van der Waals surface area contributed by atoms with Gasteiger partial charge in [-0.1, -0.05) is 18.2 Å². The summed E-state index contributed by atoms with van der Waals surface area (Å²) in [5, 5.41) is 13.7. The molecule has 0 aliphatic rings. The van der Waals surface area contributed by atoms with Crippen LogP contribution in [0.15, 0.2) is 58.5 Å². The Morgan fingerprint density at radius 1 is 1.18 bits per heavy atom. The number of phenols is 1. The highest BCUT2D eigenvalue weighted by molar-refractivity contribution is 7.89. The van der Waals surface area contributed by atoms with Gasteiger partial charge in [-0.2, -0.15) is 18.4 Å². The minimum absolute atomic E-state index is 0.0421. The Morgan fingerprint density at radius 3 is 2.45 bits per heavy atom. The van der Waals surface area contributed by atoms with Crippen molar-refractivity contribution in [2.45, 2.75) is 11.8 Å². The van der Waals surface area contributed by atoms with Crippen LogP contribution in [0.4, 0.5) is 0 Å². The van der Waals surface area contributed by atoms with E-state index in [-0.39, 0.29) is 10.6 Å². The van der Waals surface area contributed by atoms with E-state index in [0.29, 0.717) is 17.0 Å². The maximum absolute atomic E-state index is 12.1. The minimum atomic E-state index is -3.73. The number of methoxy groups -OCH3 is 1. The second kappa shape index (κ2) is 6.48. The van der Waals surface area contributed by atoms with Crippen molar-refractivity contribution in [2.24, 2.45) is 5.10 Å². The molecule has 0 fully saturated rings. The Bertz CT molecular complexity index is 786. The van der Waals surface area contributed by atoms with E-state index >= 15 is 0 Å². The SMILES string of the molecule is COc1ccc(/C(C)=N/NS(=O)(=O)c2ccccc2)c(O)c1. The lowest BCUT2D eigenvalue weighted by molar-refractivity contribution is 0.407. The Labute approximate surface area is 129 Å². The fourth-order valence-corrected chi connectivity index (χ4v) is 2.66. The van der Waals surface area contributed by atoms with Crippen LogP contribution in [0.1, 0.15) is 12.5 Å². The topological polar surface area (TPSA) is 88.0 Å². The van der Waals surface area contributed by atoms with E-state index in [0.717, 1.165) is 0 Å². The van der Waals surface area contributed by atoms with E-state index in [1.807, 2.05) is 0 Å². The highest BCUT2D eigenvalue weighted by atomic mass is 32.2. The number of nitrogens with zero attached hydrogens (tertiary/aromatic N) is 1. The molecule has 0 spiro atoms. The predicted molar refractivity (Wildman–Crippen MR) is 83.6 cm³/mol. The Kier molecular flexibility index (Phi) is 4.67. The standard InChI is InChI=1S/C15H16N2O4S/c1-11(14-9-8-12(21-2)10-15(14)18)16-17-22(19,20)13-6-4-3-5-7-13/h3-10,17-18H,1-2H3/b16-11+. The molecule has 6 nitrogen and oxygen atoms in total. The number of ether oxygens (including phenoxy) is 1. The van der Waals surface area contributed by atoms with Crippen LogP contribution in [0.25, 0.3) is 0 Å². The number of rotatable bonds is 5. The number of phenolic OH excluding ortho intramolecular Hbond substituents is 1. The molecular formula is C15H16N2O4S. The number of sulfonamides is 1. The number of hydrazone groups is 1. The molecule has 116 valence electrons. The molecule has 2 aromatic rings. The first kappa shape index (κ1) is 15.8. The summed E-state index contributed by atoms with van der Waals surface area (Å²) in [7, 11) is -2.24. The molecule has 22 heavy (non-hydrogen) atoms. The normalized spacial score (nSPS) is 12.0. The molecule has 2 rings (SSSR count). The fourth-order valence-electron chi connectivity index (χ4n) is 1.79. The first-order valence-electron chi connectivity index (χ1n) is 6.42. The Morgan fingerprint density at radius 2 is 1.86 bits per heavy atom. The van der Waals surface area contributed by atoms with Gasteiger partial charge >= 0.3 is 0 Å². The van der Waals surface area contributed by atoms with Crippen molar-refractivity contribution in [1.29, 1.82) is 0 Å². The van der Waals surface area contributed by atoms with Crippen LogP contribution in [0, 0.1) is 0 Å². The summed E-state index contributed by atoms with van der Waals surface area (Å²) in [4.78, 5) is 2.26. The van der Waals surface area contributed by atoms with Crippen molar-refractivity contribution in [2.75, 3.05) is 7.11 Å². The molecule has 0 unspecified atom stereocenters. The number of hydrogen-bond donors (Lipinski definition) is 2. The van der Waals surface area contributed by atoms with Gasteiger partial charge in [0.2, 0.25) is 0 Å². The predicted octanol–water partition coefficient (Wildman–Crippen LogP) is 2.10. The van der Waals surface area contributed by atoms with Gasteiger partial charge in [0.05, 0.1) is 17.7 Å². The van der Waals surface area contributed by atoms with Crippen molar-refractivity contribution in [3.05, 3.63) is 54.1 Å². The van der Waals surface area contributed by atoms with Gasteiger partial charge in [0.25, 0.3) is 10.0 Å².